The van der Waals surface area contributed by atoms with E-state index < -0.39 is 0 Å². The van der Waals surface area contributed by atoms with Gasteiger partial charge in [0.2, 0.25) is 0 Å². The zero-order valence-corrected chi connectivity index (χ0v) is 12.5. The van der Waals surface area contributed by atoms with Crippen LogP contribution in [-0.4, -0.2) is 18.4 Å². The largest absolute Gasteiger partial charge is 0.368 e. The van der Waals surface area contributed by atoms with Crippen LogP contribution >= 0.6 is 15.9 Å². The first-order valence-corrected chi connectivity index (χ1v) is 6.87. The van der Waals surface area contributed by atoms with Gasteiger partial charge in [0.25, 0.3) is 0 Å². The van der Waals surface area contributed by atoms with Crippen molar-refractivity contribution >= 4 is 27.4 Å². The molecule has 0 amide bonds. The third kappa shape index (κ3) is 3.32. The maximum absolute atomic E-state index is 11.3. The van der Waals surface area contributed by atoms with E-state index in [1.165, 1.54) is 0 Å². The number of rotatable bonds is 5. The quantitative estimate of drug-likeness (QED) is 0.756. The normalized spacial score (nSPS) is 12.3. The summed E-state index contributed by atoms with van der Waals surface area (Å²) >= 11 is 3.56. The summed E-state index contributed by atoms with van der Waals surface area (Å²) in [6.07, 6.45) is 1.11. The molecule has 1 unspecified atom stereocenters. The average Bonchev–Trinajstić information content (AvgIpc) is 2.31. The van der Waals surface area contributed by atoms with E-state index in [9.17, 15) is 4.79 Å². The Kier molecular flexibility index (Phi) is 5.19. The fourth-order valence-corrected chi connectivity index (χ4v) is 2.51. The summed E-state index contributed by atoms with van der Waals surface area (Å²) in [6, 6.07) is 6.33. The summed E-state index contributed by atoms with van der Waals surface area (Å²) < 4.78 is 0.993. The molecule has 0 bridgehead atoms. The van der Waals surface area contributed by atoms with Crippen LogP contribution in [0.5, 0.6) is 0 Å². The van der Waals surface area contributed by atoms with E-state index >= 15 is 0 Å². The first kappa shape index (κ1) is 14.2. The minimum absolute atomic E-state index is 0.101. The second kappa shape index (κ2) is 6.20. The van der Waals surface area contributed by atoms with Gasteiger partial charge < -0.3 is 4.90 Å². The highest BCUT2D eigenvalue weighted by Crippen LogP contribution is 2.29. The highest BCUT2D eigenvalue weighted by atomic mass is 79.9. The van der Waals surface area contributed by atoms with Gasteiger partial charge in [0.1, 0.15) is 0 Å². The smallest absolute Gasteiger partial charge is 0.159 e. The van der Waals surface area contributed by atoms with Gasteiger partial charge in [-0.05, 0) is 61.3 Å². The molecule has 1 aromatic carbocycles. The predicted octanol–water partition coefficient (Wildman–Crippen LogP) is 4.28. The van der Waals surface area contributed by atoms with Crippen molar-refractivity contribution in [1.82, 2.24) is 0 Å². The first-order chi connectivity index (χ1) is 8.01. The Bertz CT molecular complexity index is 403. The van der Waals surface area contributed by atoms with Crippen molar-refractivity contribution in [2.75, 3.05) is 11.4 Å². The SMILES string of the molecule is CCC(C)N(CC)c1ccc(C(C)=O)cc1Br. The Morgan fingerprint density at radius 1 is 1.41 bits per heavy atom. The van der Waals surface area contributed by atoms with E-state index in [4.69, 9.17) is 0 Å². The third-order valence-electron chi connectivity index (χ3n) is 3.13. The summed E-state index contributed by atoms with van der Waals surface area (Å²) in [5, 5.41) is 0. The van der Waals surface area contributed by atoms with E-state index in [1.807, 2.05) is 18.2 Å². The van der Waals surface area contributed by atoms with Crippen molar-refractivity contribution in [2.45, 2.75) is 40.2 Å². The molecule has 94 valence electrons. The molecule has 0 aliphatic carbocycles. The first-order valence-electron chi connectivity index (χ1n) is 6.08. The highest BCUT2D eigenvalue weighted by molar-refractivity contribution is 9.10. The zero-order valence-electron chi connectivity index (χ0n) is 11.0. The number of hydrogen-bond acceptors (Lipinski definition) is 2. The lowest BCUT2D eigenvalue weighted by Crippen LogP contribution is -2.32. The Hall–Kier alpha value is -0.830. The van der Waals surface area contributed by atoms with Gasteiger partial charge in [-0.3, -0.25) is 4.79 Å². The van der Waals surface area contributed by atoms with Crippen LogP contribution in [0.15, 0.2) is 22.7 Å². The number of anilines is 1. The van der Waals surface area contributed by atoms with Crippen molar-refractivity contribution in [3.05, 3.63) is 28.2 Å². The number of carbonyl (C=O) groups excluding carboxylic acids is 1. The Labute approximate surface area is 112 Å². The molecule has 0 saturated carbocycles. The average molecular weight is 298 g/mol. The molecule has 0 saturated heterocycles. The zero-order chi connectivity index (χ0) is 13.0. The number of hydrogen-bond donors (Lipinski definition) is 0. The monoisotopic (exact) mass is 297 g/mol. The summed E-state index contributed by atoms with van der Waals surface area (Å²) in [7, 11) is 0. The van der Waals surface area contributed by atoms with Crippen LogP contribution in [0.1, 0.15) is 44.5 Å². The lowest BCUT2D eigenvalue weighted by Gasteiger charge is -2.30. The topological polar surface area (TPSA) is 20.3 Å². The number of Topliss-reactive ketones (excluding diaryl/α,β-unsaturated/α-hetero) is 1. The minimum atomic E-state index is 0.101. The molecular weight excluding hydrogens is 278 g/mol. The summed E-state index contributed by atoms with van der Waals surface area (Å²) in [5.74, 6) is 0.101. The van der Waals surface area contributed by atoms with Crippen LogP contribution in [0.25, 0.3) is 0 Å². The van der Waals surface area contributed by atoms with E-state index in [1.54, 1.807) is 6.92 Å². The molecule has 1 atom stereocenters. The van der Waals surface area contributed by atoms with Crippen molar-refractivity contribution in [1.29, 1.82) is 0 Å². The van der Waals surface area contributed by atoms with Crippen LogP contribution in [0.3, 0.4) is 0 Å². The molecule has 3 heteroatoms. The van der Waals surface area contributed by atoms with Crippen molar-refractivity contribution in [3.63, 3.8) is 0 Å². The molecule has 0 N–H and O–H groups in total. The number of halogens is 1. The number of ketones is 1. The van der Waals surface area contributed by atoms with Gasteiger partial charge in [-0.15, -0.1) is 0 Å². The summed E-state index contributed by atoms with van der Waals surface area (Å²) in [6.45, 7) is 9.11. The van der Waals surface area contributed by atoms with Crippen LogP contribution < -0.4 is 4.90 Å². The lowest BCUT2D eigenvalue weighted by atomic mass is 10.1. The maximum atomic E-state index is 11.3. The molecule has 0 heterocycles. The van der Waals surface area contributed by atoms with E-state index in [0.717, 1.165) is 28.7 Å². The molecule has 0 spiro atoms. The fourth-order valence-electron chi connectivity index (χ4n) is 1.90. The predicted molar refractivity (Wildman–Crippen MR) is 76.9 cm³/mol. The minimum Gasteiger partial charge on any atom is -0.368 e. The van der Waals surface area contributed by atoms with Crippen LogP contribution in [0.4, 0.5) is 5.69 Å². The van der Waals surface area contributed by atoms with Gasteiger partial charge in [0.05, 0.1) is 5.69 Å². The molecule has 0 aliphatic rings. The van der Waals surface area contributed by atoms with Crippen LogP contribution in [0, 0.1) is 0 Å². The molecule has 1 aromatic rings. The van der Waals surface area contributed by atoms with Gasteiger partial charge in [0.15, 0.2) is 5.78 Å². The summed E-state index contributed by atoms with van der Waals surface area (Å²) in [4.78, 5) is 13.6. The molecule has 0 aliphatic heterocycles. The number of benzene rings is 1. The molecule has 1 rings (SSSR count). The lowest BCUT2D eigenvalue weighted by molar-refractivity contribution is 0.101. The second-order valence-electron chi connectivity index (χ2n) is 4.27. The van der Waals surface area contributed by atoms with Crippen molar-refractivity contribution in [3.8, 4) is 0 Å². The van der Waals surface area contributed by atoms with Gasteiger partial charge in [0, 0.05) is 22.6 Å². The van der Waals surface area contributed by atoms with Crippen molar-refractivity contribution in [2.24, 2.45) is 0 Å². The highest BCUT2D eigenvalue weighted by Gasteiger charge is 2.14. The standard InChI is InChI=1S/C14H20BrNO/c1-5-10(3)16(6-2)14-8-7-12(11(4)17)9-13(14)15/h7-10H,5-6H2,1-4H3. The van der Waals surface area contributed by atoms with Gasteiger partial charge in [-0.25, -0.2) is 0 Å². The van der Waals surface area contributed by atoms with E-state index in [2.05, 4.69) is 41.6 Å². The van der Waals surface area contributed by atoms with Gasteiger partial charge in [-0.1, -0.05) is 6.92 Å². The Morgan fingerprint density at radius 2 is 2.06 bits per heavy atom. The van der Waals surface area contributed by atoms with E-state index in [-0.39, 0.29) is 5.78 Å². The summed E-state index contributed by atoms with van der Waals surface area (Å²) in [5.41, 5.74) is 1.91. The third-order valence-corrected chi connectivity index (χ3v) is 3.76. The Morgan fingerprint density at radius 3 is 2.47 bits per heavy atom. The maximum Gasteiger partial charge on any atom is 0.159 e. The van der Waals surface area contributed by atoms with Crippen molar-refractivity contribution < 1.29 is 4.79 Å². The molecule has 0 radical (unpaired) electrons. The van der Waals surface area contributed by atoms with Gasteiger partial charge >= 0.3 is 0 Å². The Balaban J connectivity index is 3.09. The van der Waals surface area contributed by atoms with Crippen LogP contribution in [-0.2, 0) is 0 Å². The fraction of sp³-hybridized carbons (Fsp3) is 0.500. The number of nitrogens with zero attached hydrogens (tertiary/aromatic N) is 1. The molecule has 0 fully saturated rings. The number of carbonyl (C=O) groups is 1. The van der Waals surface area contributed by atoms with Crippen LogP contribution in [0.2, 0.25) is 0 Å². The molecule has 2 nitrogen and oxygen atoms in total. The van der Waals surface area contributed by atoms with E-state index in [0.29, 0.717) is 6.04 Å². The molecule has 0 aromatic heterocycles. The van der Waals surface area contributed by atoms with Gasteiger partial charge in [-0.2, -0.15) is 0 Å². The molecular formula is C14H20BrNO. The second-order valence-corrected chi connectivity index (χ2v) is 5.12. The molecule has 17 heavy (non-hydrogen) atoms.